The molecular formula is C10H10OS. The Morgan fingerprint density at radius 2 is 2.42 bits per heavy atom. The molecule has 1 aromatic carbocycles. The first kappa shape index (κ1) is 6.84. The minimum Gasteiger partial charge on any atom is -0.493 e. The summed E-state index contributed by atoms with van der Waals surface area (Å²) in [6.07, 6.45) is 1.29. The molecule has 0 spiro atoms. The average molecular weight is 178 g/mol. The van der Waals surface area contributed by atoms with Crippen LogP contribution in [0, 0.1) is 0 Å². The van der Waals surface area contributed by atoms with Crippen molar-refractivity contribution in [1.82, 2.24) is 0 Å². The van der Waals surface area contributed by atoms with Crippen LogP contribution in [0.15, 0.2) is 23.1 Å². The zero-order valence-corrected chi connectivity index (χ0v) is 7.56. The van der Waals surface area contributed by atoms with Crippen LogP contribution in [-0.2, 0) is 0 Å². The number of hydrogen-bond donors (Lipinski definition) is 0. The average Bonchev–Trinajstić information content (AvgIpc) is 2.52. The standard InChI is InChI=1S/C10H10OS/c1-2-8-10-7(6-11-8)4-5-12-9(10)3-1/h1-3,7H,4-6H2. The van der Waals surface area contributed by atoms with Crippen LogP contribution in [0.2, 0.25) is 0 Å². The summed E-state index contributed by atoms with van der Waals surface area (Å²) in [5.41, 5.74) is 1.48. The van der Waals surface area contributed by atoms with E-state index >= 15 is 0 Å². The van der Waals surface area contributed by atoms with Gasteiger partial charge in [-0.2, -0.15) is 0 Å². The van der Waals surface area contributed by atoms with Gasteiger partial charge >= 0.3 is 0 Å². The van der Waals surface area contributed by atoms with Crippen LogP contribution >= 0.6 is 11.8 Å². The third kappa shape index (κ3) is 0.816. The maximum atomic E-state index is 5.61. The Hall–Kier alpha value is -0.630. The summed E-state index contributed by atoms with van der Waals surface area (Å²) in [7, 11) is 0. The molecular weight excluding hydrogens is 168 g/mol. The largest absolute Gasteiger partial charge is 0.493 e. The van der Waals surface area contributed by atoms with Gasteiger partial charge in [0.05, 0.1) is 6.61 Å². The second-order valence-corrected chi connectivity index (χ2v) is 4.45. The van der Waals surface area contributed by atoms with Crippen molar-refractivity contribution in [3.8, 4) is 5.75 Å². The van der Waals surface area contributed by atoms with Crippen LogP contribution in [0.3, 0.4) is 0 Å². The van der Waals surface area contributed by atoms with Crippen LogP contribution in [0.1, 0.15) is 17.9 Å². The Bertz CT molecular complexity index is 322. The molecule has 0 fully saturated rings. The van der Waals surface area contributed by atoms with Crippen molar-refractivity contribution in [1.29, 1.82) is 0 Å². The third-order valence-corrected chi connectivity index (χ3v) is 3.71. The van der Waals surface area contributed by atoms with E-state index in [4.69, 9.17) is 4.74 Å². The lowest BCUT2D eigenvalue weighted by Gasteiger charge is -2.17. The molecule has 3 rings (SSSR count). The quantitative estimate of drug-likeness (QED) is 0.604. The molecule has 2 heterocycles. The topological polar surface area (TPSA) is 9.23 Å². The molecule has 62 valence electrons. The number of thioether (sulfide) groups is 1. The van der Waals surface area contributed by atoms with E-state index in [1.807, 2.05) is 11.8 Å². The van der Waals surface area contributed by atoms with E-state index in [9.17, 15) is 0 Å². The first-order valence-electron chi connectivity index (χ1n) is 4.33. The molecule has 1 aromatic rings. The first-order valence-corrected chi connectivity index (χ1v) is 5.32. The van der Waals surface area contributed by atoms with Gasteiger partial charge in [0.25, 0.3) is 0 Å². The molecule has 1 unspecified atom stereocenters. The van der Waals surface area contributed by atoms with Crippen LogP contribution in [0.5, 0.6) is 5.75 Å². The van der Waals surface area contributed by atoms with E-state index in [1.54, 1.807) is 0 Å². The summed E-state index contributed by atoms with van der Waals surface area (Å²) in [4.78, 5) is 1.45. The van der Waals surface area contributed by atoms with Gasteiger partial charge in [-0.15, -0.1) is 11.8 Å². The molecule has 2 aliphatic rings. The summed E-state index contributed by atoms with van der Waals surface area (Å²) < 4.78 is 5.61. The number of benzene rings is 1. The van der Waals surface area contributed by atoms with E-state index < -0.39 is 0 Å². The van der Waals surface area contributed by atoms with E-state index in [1.165, 1.54) is 22.6 Å². The molecule has 2 aliphatic heterocycles. The van der Waals surface area contributed by atoms with Crippen molar-refractivity contribution in [2.24, 2.45) is 0 Å². The Balaban J connectivity index is 2.23. The van der Waals surface area contributed by atoms with Crippen LogP contribution < -0.4 is 4.74 Å². The molecule has 0 saturated carbocycles. The fraction of sp³-hybridized carbons (Fsp3) is 0.400. The Morgan fingerprint density at radius 3 is 3.42 bits per heavy atom. The van der Waals surface area contributed by atoms with Crippen molar-refractivity contribution < 1.29 is 4.74 Å². The van der Waals surface area contributed by atoms with Crippen molar-refractivity contribution in [3.63, 3.8) is 0 Å². The van der Waals surface area contributed by atoms with Crippen LogP contribution in [0.25, 0.3) is 0 Å². The highest BCUT2D eigenvalue weighted by Crippen LogP contribution is 2.46. The van der Waals surface area contributed by atoms with Crippen LogP contribution in [0.4, 0.5) is 0 Å². The molecule has 0 radical (unpaired) electrons. The smallest absolute Gasteiger partial charge is 0.124 e. The lowest BCUT2D eigenvalue weighted by Crippen LogP contribution is -2.06. The van der Waals surface area contributed by atoms with Gasteiger partial charge < -0.3 is 4.74 Å². The highest BCUT2D eigenvalue weighted by molar-refractivity contribution is 7.99. The molecule has 1 nitrogen and oxygen atoms in total. The molecule has 0 amide bonds. The fourth-order valence-electron chi connectivity index (χ4n) is 1.99. The monoisotopic (exact) mass is 178 g/mol. The Kier molecular flexibility index (Phi) is 1.38. The second-order valence-electron chi connectivity index (χ2n) is 3.31. The molecule has 0 aliphatic carbocycles. The van der Waals surface area contributed by atoms with Gasteiger partial charge in [-0.3, -0.25) is 0 Å². The number of hydrogen-bond acceptors (Lipinski definition) is 2. The number of ether oxygens (including phenoxy) is 1. The Labute approximate surface area is 76.1 Å². The molecule has 0 N–H and O–H groups in total. The van der Waals surface area contributed by atoms with E-state index in [0.29, 0.717) is 5.92 Å². The molecule has 2 heteroatoms. The van der Waals surface area contributed by atoms with Gasteiger partial charge in [-0.25, -0.2) is 0 Å². The van der Waals surface area contributed by atoms with Crippen molar-refractivity contribution >= 4 is 11.8 Å². The van der Waals surface area contributed by atoms with E-state index in [0.717, 1.165) is 12.4 Å². The zero-order chi connectivity index (χ0) is 7.97. The SMILES string of the molecule is c1cc2c3c(c1)SCCC3CO2. The maximum Gasteiger partial charge on any atom is 0.124 e. The maximum absolute atomic E-state index is 5.61. The normalized spacial score (nSPS) is 24.8. The van der Waals surface area contributed by atoms with Crippen molar-refractivity contribution in [2.75, 3.05) is 12.4 Å². The third-order valence-electron chi connectivity index (χ3n) is 2.60. The highest BCUT2D eigenvalue weighted by atomic mass is 32.2. The summed E-state index contributed by atoms with van der Waals surface area (Å²) in [6.45, 7) is 0.910. The Morgan fingerprint density at radius 1 is 1.42 bits per heavy atom. The lowest BCUT2D eigenvalue weighted by molar-refractivity contribution is 0.328. The van der Waals surface area contributed by atoms with E-state index in [2.05, 4.69) is 18.2 Å². The van der Waals surface area contributed by atoms with Gasteiger partial charge in [0.2, 0.25) is 0 Å². The molecule has 0 bridgehead atoms. The second kappa shape index (κ2) is 2.43. The molecule has 0 aromatic heterocycles. The predicted molar refractivity (Wildman–Crippen MR) is 50.0 cm³/mol. The fourth-order valence-corrected chi connectivity index (χ4v) is 3.21. The molecule has 0 saturated heterocycles. The minimum atomic E-state index is 0.692. The van der Waals surface area contributed by atoms with Gasteiger partial charge in [0.1, 0.15) is 5.75 Å². The lowest BCUT2D eigenvalue weighted by atomic mass is 9.98. The summed E-state index contributed by atoms with van der Waals surface area (Å²) in [6, 6.07) is 6.39. The summed E-state index contributed by atoms with van der Waals surface area (Å²) in [5.74, 6) is 3.08. The minimum absolute atomic E-state index is 0.692. The summed E-state index contributed by atoms with van der Waals surface area (Å²) in [5, 5.41) is 0. The van der Waals surface area contributed by atoms with Gasteiger partial charge in [0.15, 0.2) is 0 Å². The van der Waals surface area contributed by atoms with Crippen molar-refractivity contribution in [2.45, 2.75) is 17.2 Å². The predicted octanol–water partition coefficient (Wildman–Crippen LogP) is 2.66. The van der Waals surface area contributed by atoms with Gasteiger partial charge in [-0.1, -0.05) is 6.07 Å². The molecule has 12 heavy (non-hydrogen) atoms. The van der Waals surface area contributed by atoms with Gasteiger partial charge in [0, 0.05) is 16.4 Å². The summed E-state index contributed by atoms with van der Waals surface area (Å²) >= 11 is 1.97. The van der Waals surface area contributed by atoms with Crippen LogP contribution in [-0.4, -0.2) is 12.4 Å². The van der Waals surface area contributed by atoms with Gasteiger partial charge in [-0.05, 0) is 24.3 Å². The zero-order valence-electron chi connectivity index (χ0n) is 6.75. The molecule has 1 atom stereocenters. The van der Waals surface area contributed by atoms with Crippen molar-refractivity contribution in [3.05, 3.63) is 23.8 Å². The number of rotatable bonds is 0. The highest BCUT2D eigenvalue weighted by Gasteiger charge is 2.29. The first-order chi connectivity index (χ1) is 5.95. The van der Waals surface area contributed by atoms with E-state index in [-0.39, 0.29) is 0 Å².